The number of amides is 2. The Morgan fingerprint density at radius 2 is 1.45 bits per heavy atom. The van der Waals surface area contributed by atoms with Gasteiger partial charge in [-0.25, -0.2) is 9.59 Å². The van der Waals surface area contributed by atoms with Crippen molar-refractivity contribution in [3.8, 4) is 11.1 Å². The van der Waals surface area contributed by atoms with E-state index in [0.717, 1.165) is 22.3 Å². The first-order chi connectivity index (χ1) is 15.7. The quantitative estimate of drug-likeness (QED) is 0.530. The van der Waals surface area contributed by atoms with Gasteiger partial charge in [-0.2, -0.15) is 0 Å². The lowest BCUT2D eigenvalue weighted by molar-refractivity contribution is -0.143. The number of nitrogens with one attached hydrogen (secondary N) is 2. The normalized spacial score (nSPS) is 15.2. The maximum Gasteiger partial charge on any atom is 0.407 e. The summed E-state index contributed by atoms with van der Waals surface area (Å²) in [5.74, 6) is -2.22. The van der Waals surface area contributed by atoms with Crippen LogP contribution in [-0.2, 0) is 14.3 Å². The summed E-state index contributed by atoms with van der Waals surface area (Å²) in [6.45, 7) is 7.31. The number of carbonyl (C=O) groups is 3. The van der Waals surface area contributed by atoms with Gasteiger partial charge in [0.05, 0.1) is 0 Å². The standard InChI is InChI=1S/C26H32N2O5/c1-5-16(4)23(24(29)27-22(15(2)3)25(30)31)28-26(32)33-14-21-19-12-8-6-10-17(19)18-11-7-9-13-20(18)21/h6-13,15-16,21-23H,5,14H2,1-4H3,(H,27,29)(H,28,32)(H,30,31)/t16-,22?,23-/m0/s1. The first kappa shape index (κ1) is 24.3. The van der Waals surface area contributed by atoms with Gasteiger partial charge in [-0.1, -0.05) is 82.6 Å². The van der Waals surface area contributed by atoms with E-state index in [1.807, 2.05) is 50.2 Å². The Hall–Kier alpha value is -3.35. The molecule has 7 nitrogen and oxygen atoms in total. The summed E-state index contributed by atoms with van der Waals surface area (Å²) in [5, 5.41) is 14.6. The Labute approximate surface area is 194 Å². The average molecular weight is 453 g/mol. The van der Waals surface area contributed by atoms with E-state index in [1.165, 1.54) is 0 Å². The second kappa shape index (κ2) is 10.5. The van der Waals surface area contributed by atoms with Crippen LogP contribution in [0.15, 0.2) is 48.5 Å². The fourth-order valence-corrected chi connectivity index (χ4v) is 4.23. The Morgan fingerprint density at radius 3 is 1.94 bits per heavy atom. The van der Waals surface area contributed by atoms with Crippen molar-refractivity contribution in [3.63, 3.8) is 0 Å². The van der Waals surface area contributed by atoms with Crippen LogP contribution in [0.5, 0.6) is 0 Å². The zero-order valence-corrected chi connectivity index (χ0v) is 19.5. The fraction of sp³-hybridized carbons (Fsp3) is 0.423. The zero-order valence-electron chi connectivity index (χ0n) is 19.5. The third kappa shape index (κ3) is 5.35. The molecule has 3 atom stereocenters. The van der Waals surface area contributed by atoms with Crippen molar-refractivity contribution in [3.05, 3.63) is 59.7 Å². The molecule has 2 amide bonds. The number of aliphatic carboxylic acids is 1. The minimum Gasteiger partial charge on any atom is -0.480 e. The molecule has 0 aliphatic heterocycles. The number of alkyl carbamates (subject to hydrolysis) is 1. The third-order valence-electron chi connectivity index (χ3n) is 6.34. The summed E-state index contributed by atoms with van der Waals surface area (Å²) in [7, 11) is 0. The Morgan fingerprint density at radius 1 is 0.909 bits per heavy atom. The van der Waals surface area contributed by atoms with Gasteiger partial charge in [-0.05, 0) is 34.1 Å². The molecule has 1 unspecified atom stereocenters. The number of hydrogen-bond donors (Lipinski definition) is 3. The van der Waals surface area contributed by atoms with Gasteiger partial charge in [-0.15, -0.1) is 0 Å². The van der Waals surface area contributed by atoms with Crippen LogP contribution in [0.1, 0.15) is 51.2 Å². The smallest absolute Gasteiger partial charge is 0.407 e. The highest BCUT2D eigenvalue weighted by Crippen LogP contribution is 2.44. The van der Waals surface area contributed by atoms with Crippen LogP contribution in [0.4, 0.5) is 4.79 Å². The molecule has 0 spiro atoms. The van der Waals surface area contributed by atoms with Crippen LogP contribution in [0.3, 0.4) is 0 Å². The predicted octanol–water partition coefficient (Wildman–Crippen LogP) is 4.17. The molecule has 2 aromatic carbocycles. The minimum absolute atomic E-state index is 0.0867. The first-order valence-electron chi connectivity index (χ1n) is 11.4. The van der Waals surface area contributed by atoms with Gasteiger partial charge in [-0.3, -0.25) is 4.79 Å². The van der Waals surface area contributed by atoms with Crippen molar-refractivity contribution >= 4 is 18.0 Å². The van der Waals surface area contributed by atoms with E-state index >= 15 is 0 Å². The second-order valence-electron chi connectivity index (χ2n) is 8.90. The zero-order chi connectivity index (χ0) is 24.1. The molecular weight excluding hydrogens is 420 g/mol. The minimum atomic E-state index is -1.11. The SMILES string of the molecule is CC[C@H](C)[C@H](NC(=O)OCC1c2ccccc2-c2ccccc21)C(=O)NC(C(=O)O)C(C)C. The summed E-state index contributed by atoms with van der Waals surface area (Å²) in [5.41, 5.74) is 4.47. The number of hydrogen-bond acceptors (Lipinski definition) is 4. The molecule has 0 heterocycles. The number of benzene rings is 2. The van der Waals surface area contributed by atoms with Crippen molar-refractivity contribution in [1.82, 2.24) is 10.6 Å². The number of fused-ring (bicyclic) bond motifs is 3. The highest BCUT2D eigenvalue weighted by atomic mass is 16.5. The van der Waals surface area contributed by atoms with E-state index in [9.17, 15) is 19.5 Å². The Balaban J connectivity index is 1.69. The number of ether oxygens (including phenoxy) is 1. The average Bonchev–Trinajstić information content (AvgIpc) is 3.12. The van der Waals surface area contributed by atoms with Crippen LogP contribution in [-0.4, -0.2) is 41.8 Å². The van der Waals surface area contributed by atoms with E-state index in [4.69, 9.17) is 4.74 Å². The monoisotopic (exact) mass is 452 g/mol. The molecule has 0 saturated carbocycles. The number of rotatable bonds is 9. The lowest BCUT2D eigenvalue weighted by Crippen LogP contribution is -2.55. The van der Waals surface area contributed by atoms with Crippen LogP contribution in [0, 0.1) is 11.8 Å². The van der Waals surface area contributed by atoms with Gasteiger partial charge in [0.25, 0.3) is 0 Å². The molecule has 3 rings (SSSR count). The highest BCUT2D eigenvalue weighted by Gasteiger charge is 2.33. The van der Waals surface area contributed by atoms with E-state index < -0.39 is 30.1 Å². The van der Waals surface area contributed by atoms with Gasteiger partial charge in [0.15, 0.2) is 0 Å². The van der Waals surface area contributed by atoms with E-state index in [2.05, 4.69) is 22.8 Å². The summed E-state index contributed by atoms with van der Waals surface area (Å²) in [4.78, 5) is 37.0. The Bertz CT molecular complexity index is 974. The summed E-state index contributed by atoms with van der Waals surface area (Å²) >= 11 is 0. The molecule has 1 aliphatic rings. The summed E-state index contributed by atoms with van der Waals surface area (Å²) in [6, 6.07) is 14.2. The molecule has 3 N–H and O–H groups in total. The van der Waals surface area contributed by atoms with Crippen molar-refractivity contribution in [2.45, 2.75) is 52.1 Å². The lowest BCUT2D eigenvalue weighted by Gasteiger charge is -2.26. The van der Waals surface area contributed by atoms with Crippen LogP contribution < -0.4 is 10.6 Å². The first-order valence-corrected chi connectivity index (χ1v) is 11.4. The molecule has 176 valence electrons. The van der Waals surface area contributed by atoms with E-state index in [0.29, 0.717) is 6.42 Å². The lowest BCUT2D eigenvalue weighted by atomic mass is 9.97. The van der Waals surface area contributed by atoms with Crippen molar-refractivity contribution < 1.29 is 24.2 Å². The molecular formula is C26H32N2O5. The van der Waals surface area contributed by atoms with Gasteiger partial charge < -0.3 is 20.5 Å². The van der Waals surface area contributed by atoms with Crippen molar-refractivity contribution in [1.29, 1.82) is 0 Å². The van der Waals surface area contributed by atoms with Crippen LogP contribution >= 0.6 is 0 Å². The molecule has 0 fully saturated rings. The van der Waals surface area contributed by atoms with Crippen molar-refractivity contribution in [2.24, 2.45) is 11.8 Å². The van der Waals surface area contributed by atoms with Crippen LogP contribution in [0.2, 0.25) is 0 Å². The topological polar surface area (TPSA) is 105 Å². The molecule has 1 aliphatic carbocycles. The molecule has 0 radical (unpaired) electrons. The van der Waals surface area contributed by atoms with Gasteiger partial charge in [0.1, 0.15) is 18.7 Å². The maximum absolute atomic E-state index is 12.8. The molecule has 33 heavy (non-hydrogen) atoms. The molecule has 0 aromatic heterocycles. The van der Waals surface area contributed by atoms with Gasteiger partial charge in [0.2, 0.25) is 5.91 Å². The molecule has 0 bridgehead atoms. The fourth-order valence-electron chi connectivity index (χ4n) is 4.23. The molecule has 7 heteroatoms. The maximum atomic E-state index is 12.8. The summed E-state index contributed by atoms with van der Waals surface area (Å²) < 4.78 is 5.57. The number of carbonyl (C=O) groups excluding carboxylic acids is 2. The third-order valence-corrected chi connectivity index (χ3v) is 6.34. The number of carboxylic acid groups (broad SMARTS) is 1. The summed E-state index contributed by atoms with van der Waals surface area (Å²) in [6.07, 6.45) is -0.0741. The Kier molecular flexibility index (Phi) is 7.74. The number of carboxylic acids is 1. The van der Waals surface area contributed by atoms with Gasteiger partial charge in [0, 0.05) is 5.92 Å². The van der Waals surface area contributed by atoms with Crippen LogP contribution in [0.25, 0.3) is 11.1 Å². The van der Waals surface area contributed by atoms with E-state index in [-0.39, 0.29) is 24.4 Å². The predicted molar refractivity (Wildman–Crippen MR) is 126 cm³/mol. The second-order valence-corrected chi connectivity index (χ2v) is 8.90. The van der Waals surface area contributed by atoms with E-state index in [1.54, 1.807) is 13.8 Å². The molecule has 0 saturated heterocycles. The van der Waals surface area contributed by atoms with Crippen molar-refractivity contribution in [2.75, 3.05) is 6.61 Å². The van der Waals surface area contributed by atoms with Gasteiger partial charge >= 0.3 is 12.1 Å². The molecule has 2 aromatic rings. The highest BCUT2D eigenvalue weighted by molar-refractivity contribution is 5.89. The largest absolute Gasteiger partial charge is 0.480 e.